The van der Waals surface area contributed by atoms with Crippen molar-refractivity contribution in [2.75, 3.05) is 13.1 Å². The molecule has 1 aromatic heterocycles. The second-order valence-electron chi connectivity index (χ2n) is 4.51. The highest BCUT2D eigenvalue weighted by Crippen LogP contribution is 2.24. The Bertz CT molecular complexity index is 520. The van der Waals surface area contributed by atoms with Crippen LogP contribution in [-0.4, -0.2) is 23.7 Å². The third-order valence-corrected chi connectivity index (χ3v) is 2.94. The minimum absolute atomic E-state index is 0.0531. The number of hydrogen-bond acceptors (Lipinski definition) is 3. The number of fused-ring (bicyclic) bond motifs is 1. The van der Waals surface area contributed by atoms with E-state index in [4.69, 9.17) is 4.74 Å². The Hall–Kier alpha value is -1.61. The van der Waals surface area contributed by atoms with Crippen molar-refractivity contribution >= 4 is 10.9 Å². The first-order valence-corrected chi connectivity index (χ1v) is 5.50. The Morgan fingerprint density at radius 2 is 2.19 bits per heavy atom. The fraction of sp³-hybridized carbons (Fsp3) is 0.308. The first kappa shape index (κ1) is 9.60. The first-order chi connectivity index (χ1) is 7.75. The molecule has 0 unspecified atom stereocenters. The lowest BCUT2D eigenvalue weighted by Crippen LogP contribution is -2.60. The Labute approximate surface area is 94.5 Å². The molecule has 3 heteroatoms. The maximum absolute atomic E-state index is 5.94. The molecule has 16 heavy (non-hydrogen) atoms. The van der Waals surface area contributed by atoms with E-state index in [1.165, 1.54) is 0 Å². The van der Waals surface area contributed by atoms with Crippen LogP contribution in [0.15, 0.2) is 36.5 Å². The summed E-state index contributed by atoms with van der Waals surface area (Å²) in [7, 11) is 0. The van der Waals surface area contributed by atoms with Crippen LogP contribution in [0.4, 0.5) is 0 Å². The zero-order valence-electron chi connectivity index (χ0n) is 9.23. The Balaban J connectivity index is 1.93. The van der Waals surface area contributed by atoms with Gasteiger partial charge in [0.15, 0.2) is 0 Å². The highest BCUT2D eigenvalue weighted by molar-refractivity contribution is 5.79. The first-order valence-electron chi connectivity index (χ1n) is 5.50. The summed E-state index contributed by atoms with van der Waals surface area (Å²) in [6.07, 6.45) is 1.80. The number of hydrogen-bond donors (Lipinski definition) is 1. The molecule has 2 heterocycles. The second-order valence-corrected chi connectivity index (χ2v) is 4.51. The van der Waals surface area contributed by atoms with Crippen LogP contribution in [-0.2, 0) is 0 Å². The third-order valence-electron chi connectivity index (χ3n) is 2.94. The fourth-order valence-electron chi connectivity index (χ4n) is 1.94. The number of ether oxygens (including phenoxy) is 1. The van der Waals surface area contributed by atoms with E-state index in [9.17, 15) is 0 Å². The largest absolute Gasteiger partial charge is 0.485 e. The Morgan fingerprint density at radius 1 is 1.31 bits per heavy atom. The molecule has 1 aromatic carbocycles. The molecule has 2 aromatic rings. The Morgan fingerprint density at radius 3 is 2.94 bits per heavy atom. The zero-order valence-corrected chi connectivity index (χ0v) is 9.23. The van der Waals surface area contributed by atoms with Gasteiger partial charge in [-0.05, 0) is 25.1 Å². The lowest BCUT2D eigenvalue weighted by Gasteiger charge is -2.39. The van der Waals surface area contributed by atoms with E-state index in [2.05, 4.69) is 23.3 Å². The molecular weight excluding hydrogens is 200 g/mol. The molecule has 0 atom stereocenters. The van der Waals surface area contributed by atoms with Gasteiger partial charge in [-0.3, -0.25) is 4.98 Å². The topological polar surface area (TPSA) is 34.1 Å². The maximum Gasteiger partial charge on any atom is 0.131 e. The summed E-state index contributed by atoms with van der Waals surface area (Å²) in [6.45, 7) is 3.94. The minimum Gasteiger partial charge on any atom is -0.485 e. The van der Waals surface area contributed by atoms with E-state index in [1.807, 2.05) is 24.3 Å². The van der Waals surface area contributed by atoms with Gasteiger partial charge in [0.2, 0.25) is 0 Å². The molecule has 1 fully saturated rings. The monoisotopic (exact) mass is 214 g/mol. The smallest absolute Gasteiger partial charge is 0.131 e. The van der Waals surface area contributed by atoms with Crippen molar-refractivity contribution in [1.82, 2.24) is 10.3 Å². The summed E-state index contributed by atoms with van der Waals surface area (Å²) in [5.74, 6) is 0.898. The van der Waals surface area contributed by atoms with Crippen LogP contribution in [0.3, 0.4) is 0 Å². The minimum atomic E-state index is -0.0531. The fourth-order valence-corrected chi connectivity index (χ4v) is 1.94. The molecule has 3 nitrogen and oxygen atoms in total. The summed E-state index contributed by atoms with van der Waals surface area (Å²) in [5.41, 5.74) is 0.929. The van der Waals surface area contributed by atoms with Gasteiger partial charge < -0.3 is 10.1 Å². The molecule has 1 aliphatic rings. The van der Waals surface area contributed by atoms with Gasteiger partial charge >= 0.3 is 0 Å². The predicted molar refractivity (Wildman–Crippen MR) is 63.6 cm³/mol. The molecule has 0 bridgehead atoms. The number of rotatable bonds is 2. The molecule has 0 radical (unpaired) electrons. The summed E-state index contributed by atoms with van der Waals surface area (Å²) in [5, 5.41) is 4.36. The molecule has 0 saturated carbocycles. The van der Waals surface area contributed by atoms with Gasteiger partial charge in [-0.1, -0.05) is 6.07 Å². The van der Waals surface area contributed by atoms with Crippen LogP contribution in [0.5, 0.6) is 5.75 Å². The predicted octanol–water partition coefficient (Wildman–Crippen LogP) is 1.98. The van der Waals surface area contributed by atoms with Gasteiger partial charge in [0, 0.05) is 30.7 Å². The molecule has 3 rings (SSSR count). The number of aromatic nitrogens is 1. The van der Waals surface area contributed by atoms with E-state index in [0.717, 1.165) is 29.7 Å². The molecule has 82 valence electrons. The SMILES string of the molecule is CC1(Oc2ccc3cccnc3c2)CNC1. The van der Waals surface area contributed by atoms with Crippen LogP contribution < -0.4 is 10.1 Å². The second kappa shape index (κ2) is 3.46. The number of nitrogens with zero attached hydrogens (tertiary/aromatic N) is 1. The molecule has 0 spiro atoms. The number of pyridine rings is 1. The van der Waals surface area contributed by atoms with E-state index < -0.39 is 0 Å². The van der Waals surface area contributed by atoms with Crippen LogP contribution in [0, 0.1) is 0 Å². The molecule has 0 aliphatic carbocycles. The Kier molecular flexibility index (Phi) is 2.07. The summed E-state index contributed by atoms with van der Waals surface area (Å²) < 4.78 is 5.94. The van der Waals surface area contributed by atoms with Crippen molar-refractivity contribution in [3.05, 3.63) is 36.5 Å². The lowest BCUT2D eigenvalue weighted by atomic mass is 10.00. The summed E-state index contributed by atoms with van der Waals surface area (Å²) in [4.78, 5) is 4.32. The lowest BCUT2D eigenvalue weighted by molar-refractivity contribution is 0.0350. The van der Waals surface area contributed by atoms with Crippen LogP contribution in [0.2, 0.25) is 0 Å². The van der Waals surface area contributed by atoms with Gasteiger partial charge in [0.05, 0.1) is 5.52 Å². The number of benzene rings is 1. The van der Waals surface area contributed by atoms with E-state index in [-0.39, 0.29) is 5.60 Å². The van der Waals surface area contributed by atoms with Gasteiger partial charge in [-0.25, -0.2) is 0 Å². The van der Waals surface area contributed by atoms with Gasteiger partial charge in [0.1, 0.15) is 11.4 Å². The van der Waals surface area contributed by atoms with Crippen molar-refractivity contribution in [1.29, 1.82) is 0 Å². The molecule has 0 amide bonds. The van der Waals surface area contributed by atoms with Crippen molar-refractivity contribution < 1.29 is 4.74 Å². The quantitative estimate of drug-likeness (QED) is 0.830. The molecule has 1 saturated heterocycles. The van der Waals surface area contributed by atoms with Crippen molar-refractivity contribution in [2.45, 2.75) is 12.5 Å². The highest BCUT2D eigenvalue weighted by Gasteiger charge is 2.33. The highest BCUT2D eigenvalue weighted by atomic mass is 16.5. The van der Waals surface area contributed by atoms with Crippen LogP contribution in [0.25, 0.3) is 10.9 Å². The van der Waals surface area contributed by atoms with Crippen LogP contribution >= 0.6 is 0 Å². The average molecular weight is 214 g/mol. The van der Waals surface area contributed by atoms with Gasteiger partial charge in [-0.15, -0.1) is 0 Å². The summed E-state index contributed by atoms with van der Waals surface area (Å²) in [6, 6.07) is 10.1. The third kappa shape index (κ3) is 1.63. The molecule has 1 N–H and O–H groups in total. The number of nitrogens with one attached hydrogen (secondary N) is 1. The van der Waals surface area contributed by atoms with E-state index in [0.29, 0.717) is 0 Å². The van der Waals surface area contributed by atoms with Crippen LogP contribution in [0.1, 0.15) is 6.92 Å². The maximum atomic E-state index is 5.94. The summed E-state index contributed by atoms with van der Waals surface area (Å²) >= 11 is 0. The van der Waals surface area contributed by atoms with Gasteiger partial charge in [-0.2, -0.15) is 0 Å². The van der Waals surface area contributed by atoms with E-state index in [1.54, 1.807) is 6.20 Å². The zero-order chi connectivity index (χ0) is 11.0. The van der Waals surface area contributed by atoms with Crippen molar-refractivity contribution in [2.24, 2.45) is 0 Å². The molecular formula is C13H14N2O. The normalized spacial score (nSPS) is 18.1. The van der Waals surface area contributed by atoms with Crippen molar-refractivity contribution in [3.63, 3.8) is 0 Å². The standard InChI is InChI=1S/C13H14N2O/c1-13(8-14-9-13)16-11-5-4-10-3-2-6-15-12(10)7-11/h2-7,14H,8-9H2,1H3. The molecule has 1 aliphatic heterocycles. The van der Waals surface area contributed by atoms with Gasteiger partial charge in [0.25, 0.3) is 0 Å². The van der Waals surface area contributed by atoms with E-state index >= 15 is 0 Å². The average Bonchev–Trinajstić information content (AvgIpc) is 2.27. The van der Waals surface area contributed by atoms with Crippen molar-refractivity contribution in [3.8, 4) is 5.75 Å².